The van der Waals surface area contributed by atoms with Crippen LogP contribution in [0.1, 0.15) is 17.7 Å². The second-order valence-electron chi connectivity index (χ2n) is 5.22. The summed E-state index contributed by atoms with van der Waals surface area (Å²) in [6.07, 6.45) is 2.21. The smallest absolute Gasteiger partial charge is 0.223 e. The monoisotopic (exact) mass is 320 g/mol. The summed E-state index contributed by atoms with van der Waals surface area (Å²) >= 11 is 0. The van der Waals surface area contributed by atoms with Gasteiger partial charge in [-0.3, -0.25) is 4.79 Å². The molecule has 0 bridgehead atoms. The summed E-state index contributed by atoms with van der Waals surface area (Å²) in [4.78, 5) is 14.1. The summed E-state index contributed by atoms with van der Waals surface area (Å²) < 4.78 is 29.4. The molecule has 0 atom stereocenters. The average molecular weight is 320 g/mol. The Bertz CT molecular complexity index is 768. The Hall–Kier alpha value is -2.15. The van der Waals surface area contributed by atoms with E-state index in [1.165, 1.54) is 0 Å². The number of aromatic nitrogens is 1. The number of benzene rings is 1. The largest absolute Gasteiger partial charge is 0.361 e. The summed E-state index contributed by atoms with van der Waals surface area (Å²) in [5.41, 5.74) is 0.894. The number of amides is 1. The Morgan fingerprint density at radius 1 is 1.27 bits per heavy atom. The van der Waals surface area contributed by atoms with Crippen molar-refractivity contribution >= 4 is 15.7 Å². The van der Waals surface area contributed by atoms with Crippen LogP contribution < -0.4 is 0 Å². The van der Waals surface area contributed by atoms with Gasteiger partial charge < -0.3 is 9.42 Å². The molecule has 0 aliphatic carbocycles. The second kappa shape index (κ2) is 5.92. The Morgan fingerprint density at radius 2 is 2.05 bits per heavy atom. The zero-order valence-corrected chi connectivity index (χ0v) is 12.8. The zero-order chi connectivity index (χ0) is 15.6. The van der Waals surface area contributed by atoms with E-state index >= 15 is 0 Å². The zero-order valence-electron chi connectivity index (χ0n) is 11.9. The molecular formula is C15H16N2O4S. The molecule has 1 aromatic heterocycles. The lowest BCUT2D eigenvalue weighted by Gasteiger charge is -2.25. The Labute approximate surface area is 128 Å². The molecule has 6 nitrogen and oxygen atoms in total. The van der Waals surface area contributed by atoms with E-state index in [1.54, 1.807) is 41.4 Å². The van der Waals surface area contributed by atoms with Crippen LogP contribution in [0.3, 0.4) is 0 Å². The third-order valence-electron chi connectivity index (χ3n) is 3.74. The summed E-state index contributed by atoms with van der Waals surface area (Å²) in [5.74, 6) is 0.468. The van der Waals surface area contributed by atoms with Crippen LogP contribution in [-0.4, -0.2) is 36.7 Å². The van der Waals surface area contributed by atoms with E-state index in [4.69, 9.17) is 4.52 Å². The van der Waals surface area contributed by atoms with Gasteiger partial charge in [0.25, 0.3) is 0 Å². The first-order valence-corrected chi connectivity index (χ1v) is 8.69. The fourth-order valence-electron chi connectivity index (χ4n) is 2.48. The molecule has 0 fully saturated rings. The van der Waals surface area contributed by atoms with Gasteiger partial charge in [-0.25, -0.2) is 8.42 Å². The van der Waals surface area contributed by atoms with E-state index in [0.29, 0.717) is 19.5 Å². The highest BCUT2D eigenvalue weighted by atomic mass is 32.2. The lowest BCUT2D eigenvalue weighted by molar-refractivity contribution is -0.131. The number of sulfone groups is 1. The predicted molar refractivity (Wildman–Crippen MR) is 78.7 cm³/mol. The number of hydrogen-bond donors (Lipinski definition) is 0. The maximum atomic E-state index is 12.2. The van der Waals surface area contributed by atoms with Gasteiger partial charge in [-0.05, 0) is 12.1 Å². The second-order valence-corrected chi connectivity index (χ2v) is 7.33. The average Bonchev–Trinajstić information content (AvgIpc) is 3.01. The van der Waals surface area contributed by atoms with Gasteiger partial charge >= 0.3 is 0 Å². The summed E-state index contributed by atoms with van der Waals surface area (Å²) in [6.45, 7) is 0.968. The maximum absolute atomic E-state index is 12.2. The van der Waals surface area contributed by atoms with Gasteiger partial charge in [0, 0.05) is 24.9 Å². The van der Waals surface area contributed by atoms with Crippen molar-refractivity contribution in [3.8, 4) is 0 Å². The first-order valence-electron chi connectivity index (χ1n) is 7.04. The molecule has 1 aromatic carbocycles. The number of rotatable bonds is 4. The van der Waals surface area contributed by atoms with Crippen molar-refractivity contribution in [2.24, 2.45) is 0 Å². The third kappa shape index (κ3) is 3.04. The Balaban J connectivity index is 1.61. The van der Waals surface area contributed by atoms with Gasteiger partial charge in [-0.1, -0.05) is 23.4 Å². The van der Waals surface area contributed by atoms with Crippen LogP contribution >= 0.6 is 0 Å². The van der Waals surface area contributed by atoms with E-state index in [-0.39, 0.29) is 23.0 Å². The molecule has 7 heteroatoms. The first-order chi connectivity index (χ1) is 10.6. The lowest BCUT2D eigenvalue weighted by atomic mass is 10.1. The first kappa shape index (κ1) is 14.8. The topological polar surface area (TPSA) is 80.5 Å². The van der Waals surface area contributed by atoms with Crippen molar-refractivity contribution in [3.05, 3.63) is 47.9 Å². The van der Waals surface area contributed by atoms with E-state index < -0.39 is 9.84 Å². The van der Waals surface area contributed by atoms with Crippen molar-refractivity contribution < 1.29 is 17.7 Å². The van der Waals surface area contributed by atoms with Crippen LogP contribution in [0.2, 0.25) is 0 Å². The summed E-state index contributed by atoms with van der Waals surface area (Å²) in [7, 11) is -3.42. The summed E-state index contributed by atoms with van der Waals surface area (Å²) in [5, 5.41) is 3.71. The molecule has 22 heavy (non-hydrogen) atoms. The normalized spacial score (nSPS) is 14.6. The molecule has 2 aromatic rings. The molecule has 2 heterocycles. The van der Waals surface area contributed by atoms with Crippen LogP contribution in [0.15, 0.2) is 45.9 Å². The van der Waals surface area contributed by atoms with Gasteiger partial charge in [0.15, 0.2) is 9.84 Å². The maximum Gasteiger partial charge on any atom is 0.223 e. The number of carbonyl (C=O) groups is 1. The van der Waals surface area contributed by atoms with Gasteiger partial charge in [-0.2, -0.15) is 0 Å². The minimum atomic E-state index is -3.42. The third-order valence-corrected chi connectivity index (χ3v) is 5.47. The van der Waals surface area contributed by atoms with Crippen LogP contribution in [0, 0.1) is 0 Å². The van der Waals surface area contributed by atoms with Crippen LogP contribution in [0.4, 0.5) is 0 Å². The molecule has 0 saturated carbocycles. The lowest BCUT2D eigenvalue weighted by Crippen LogP contribution is -2.36. The van der Waals surface area contributed by atoms with Crippen LogP contribution in [0.5, 0.6) is 0 Å². The molecule has 0 N–H and O–H groups in total. The molecule has 1 amide bonds. The number of nitrogens with zero attached hydrogens (tertiary/aromatic N) is 2. The van der Waals surface area contributed by atoms with E-state index in [9.17, 15) is 13.2 Å². The Morgan fingerprint density at radius 3 is 2.82 bits per heavy atom. The highest BCUT2D eigenvalue weighted by molar-refractivity contribution is 7.91. The standard InChI is InChI=1S/C15H16N2O4S/c18-15(17-8-6-14-12(11-17)10-16-21-14)7-9-22(19,20)13-4-2-1-3-5-13/h1-5,10H,6-9,11H2. The van der Waals surface area contributed by atoms with Crippen molar-refractivity contribution in [1.29, 1.82) is 0 Å². The van der Waals surface area contributed by atoms with E-state index in [0.717, 1.165) is 11.3 Å². The molecule has 3 rings (SSSR count). The fraction of sp³-hybridized carbons (Fsp3) is 0.333. The van der Waals surface area contributed by atoms with E-state index in [1.807, 2.05) is 0 Å². The van der Waals surface area contributed by atoms with Gasteiger partial charge in [-0.15, -0.1) is 0 Å². The predicted octanol–water partition coefficient (Wildman–Crippen LogP) is 1.42. The van der Waals surface area contributed by atoms with Crippen molar-refractivity contribution in [1.82, 2.24) is 10.1 Å². The van der Waals surface area contributed by atoms with Crippen LogP contribution in [0.25, 0.3) is 0 Å². The molecule has 0 spiro atoms. The minimum absolute atomic E-state index is 0.0160. The summed E-state index contributed by atoms with van der Waals surface area (Å²) in [6, 6.07) is 8.20. The van der Waals surface area contributed by atoms with Crippen LogP contribution in [-0.2, 0) is 27.6 Å². The SMILES string of the molecule is O=C(CCS(=O)(=O)c1ccccc1)N1CCc2oncc2C1. The quantitative estimate of drug-likeness (QED) is 0.851. The molecule has 1 aliphatic rings. The van der Waals surface area contributed by atoms with E-state index in [2.05, 4.69) is 5.16 Å². The number of carbonyl (C=O) groups excluding carboxylic acids is 1. The van der Waals surface area contributed by atoms with Gasteiger partial charge in [0.1, 0.15) is 5.76 Å². The van der Waals surface area contributed by atoms with Crippen molar-refractivity contribution in [2.45, 2.75) is 24.3 Å². The van der Waals surface area contributed by atoms with Gasteiger partial charge in [0.05, 0.1) is 23.4 Å². The number of fused-ring (bicyclic) bond motifs is 1. The highest BCUT2D eigenvalue weighted by Gasteiger charge is 2.25. The molecular weight excluding hydrogens is 304 g/mol. The molecule has 116 valence electrons. The molecule has 1 aliphatic heterocycles. The van der Waals surface area contributed by atoms with Gasteiger partial charge in [0.2, 0.25) is 5.91 Å². The van der Waals surface area contributed by atoms with Crippen molar-refractivity contribution in [3.63, 3.8) is 0 Å². The fourth-order valence-corrected chi connectivity index (χ4v) is 3.73. The molecule has 0 saturated heterocycles. The number of hydrogen-bond acceptors (Lipinski definition) is 5. The Kier molecular flexibility index (Phi) is 3.98. The minimum Gasteiger partial charge on any atom is -0.361 e. The molecule has 0 radical (unpaired) electrons. The van der Waals surface area contributed by atoms with Crippen molar-refractivity contribution in [2.75, 3.05) is 12.3 Å². The molecule has 0 unspecified atom stereocenters. The highest BCUT2D eigenvalue weighted by Crippen LogP contribution is 2.19.